The van der Waals surface area contributed by atoms with E-state index in [4.69, 9.17) is 9.52 Å². The minimum Gasteiger partial charge on any atom is -0.381 e. The van der Waals surface area contributed by atoms with Gasteiger partial charge in [0, 0.05) is 30.3 Å². The van der Waals surface area contributed by atoms with E-state index in [0.717, 1.165) is 35.5 Å². The van der Waals surface area contributed by atoms with Gasteiger partial charge in [-0.15, -0.1) is 11.8 Å². The van der Waals surface area contributed by atoms with Crippen molar-refractivity contribution in [2.24, 2.45) is 4.99 Å². The quantitative estimate of drug-likeness (QED) is 0.550. The van der Waals surface area contributed by atoms with Crippen LogP contribution in [0.4, 0.5) is 11.6 Å². The maximum absolute atomic E-state index is 5.55. The Morgan fingerprint density at radius 1 is 1.12 bits per heavy atom. The van der Waals surface area contributed by atoms with E-state index in [1.165, 1.54) is 61.5 Å². The van der Waals surface area contributed by atoms with Crippen LogP contribution in [-0.4, -0.2) is 51.1 Å². The molecule has 168 valence electrons. The maximum atomic E-state index is 5.55. The first-order valence-corrected chi connectivity index (χ1v) is 13.0. The number of aliphatic imine (C=N–C) groups is 1. The van der Waals surface area contributed by atoms with E-state index in [-0.39, 0.29) is 6.04 Å². The van der Waals surface area contributed by atoms with Gasteiger partial charge in [0.2, 0.25) is 5.89 Å². The molecule has 3 aliphatic rings. The van der Waals surface area contributed by atoms with Gasteiger partial charge in [0.15, 0.2) is 0 Å². The lowest BCUT2D eigenvalue weighted by molar-refractivity contribution is 0.370. The standard InChI is InChI=1S/C24H30N6OS/c1-4-11-30(12-5-1)24-28-21(31-29-24)14-18-15-32-23(26-18)20-13-16-7-6-10-19(22(16)27-20)25-17-8-2-3-9-17/h6-7,10,13,17-18,25,27H,1-5,8-9,11-12,14-15H2/t18-/m1/s1. The summed E-state index contributed by atoms with van der Waals surface area (Å²) in [6, 6.07) is 9.49. The third-order valence-corrected chi connectivity index (χ3v) is 7.97. The van der Waals surface area contributed by atoms with Gasteiger partial charge < -0.3 is 19.7 Å². The fourth-order valence-corrected chi connectivity index (χ4v) is 6.13. The van der Waals surface area contributed by atoms with Gasteiger partial charge in [-0.3, -0.25) is 4.99 Å². The molecule has 2 aromatic heterocycles. The van der Waals surface area contributed by atoms with E-state index in [2.05, 4.69) is 49.6 Å². The lowest BCUT2D eigenvalue weighted by Gasteiger charge is -2.24. The highest BCUT2D eigenvalue weighted by atomic mass is 32.2. The van der Waals surface area contributed by atoms with Gasteiger partial charge in [-0.25, -0.2) is 0 Å². The van der Waals surface area contributed by atoms with Gasteiger partial charge in [0.05, 0.1) is 29.4 Å². The lowest BCUT2D eigenvalue weighted by atomic mass is 10.1. The number of para-hydroxylation sites is 1. The van der Waals surface area contributed by atoms with Crippen LogP contribution < -0.4 is 10.2 Å². The van der Waals surface area contributed by atoms with Gasteiger partial charge in [0.25, 0.3) is 5.95 Å². The zero-order valence-corrected chi connectivity index (χ0v) is 19.2. The number of hydrogen-bond acceptors (Lipinski definition) is 7. The number of aromatic amines is 1. The predicted octanol–water partition coefficient (Wildman–Crippen LogP) is 5.00. The molecule has 2 N–H and O–H groups in total. The Balaban J connectivity index is 1.16. The number of H-pyrrole nitrogens is 1. The molecule has 4 heterocycles. The summed E-state index contributed by atoms with van der Waals surface area (Å²) in [5.41, 5.74) is 3.49. The van der Waals surface area contributed by atoms with Crippen molar-refractivity contribution < 1.29 is 4.52 Å². The summed E-state index contributed by atoms with van der Waals surface area (Å²) in [6.45, 7) is 2.05. The molecule has 1 aliphatic carbocycles. The summed E-state index contributed by atoms with van der Waals surface area (Å²) >= 11 is 1.81. The molecule has 0 spiro atoms. The number of nitrogens with one attached hydrogen (secondary N) is 2. The monoisotopic (exact) mass is 450 g/mol. The Labute approximate surface area is 192 Å². The first-order valence-electron chi connectivity index (χ1n) is 12.0. The molecular weight excluding hydrogens is 420 g/mol. The number of benzene rings is 1. The second-order valence-electron chi connectivity index (χ2n) is 9.22. The van der Waals surface area contributed by atoms with Crippen molar-refractivity contribution in [1.29, 1.82) is 0 Å². The molecule has 2 fully saturated rings. The van der Waals surface area contributed by atoms with E-state index in [1.54, 1.807) is 0 Å². The Bertz CT molecular complexity index is 1110. The Morgan fingerprint density at radius 2 is 2.00 bits per heavy atom. The zero-order valence-electron chi connectivity index (χ0n) is 18.3. The van der Waals surface area contributed by atoms with E-state index in [0.29, 0.717) is 18.4 Å². The summed E-state index contributed by atoms with van der Waals surface area (Å²) in [4.78, 5) is 15.5. The summed E-state index contributed by atoms with van der Waals surface area (Å²) in [6.07, 6.45) is 9.61. The Hall–Kier alpha value is -2.48. The first-order chi connectivity index (χ1) is 15.8. The summed E-state index contributed by atoms with van der Waals surface area (Å²) in [7, 11) is 0. The molecule has 1 aromatic carbocycles. The number of aromatic nitrogens is 3. The second-order valence-corrected chi connectivity index (χ2v) is 10.2. The van der Waals surface area contributed by atoms with Crippen molar-refractivity contribution in [2.45, 2.75) is 63.5 Å². The number of piperidine rings is 1. The van der Waals surface area contributed by atoms with E-state index >= 15 is 0 Å². The Kier molecular flexibility index (Phi) is 5.55. The van der Waals surface area contributed by atoms with Crippen LogP contribution in [0.5, 0.6) is 0 Å². The van der Waals surface area contributed by atoms with Crippen LogP contribution in [0, 0.1) is 0 Å². The average molecular weight is 451 g/mol. The number of nitrogens with zero attached hydrogens (tertiary/aromatic N) is 4. The van der Waals surface area contributed by atoms with Crippen molar-refractivity contribution >= 4 is 39.3 Å². The SMILES string of the molecule is c1cc(NC2CCCC2)c2[nH]c(C3=N[C@H](Cc4nc(N5CCCCC5)no4)CS3)cc2c1. The van der Waals surface area contributed by atoms with Crippen LogP contribution >= 0.6 is 11.8 Å². The molecule has 1 saturated carbocycles. The highest BCUT2D eigenvalue weighted by molar-refractivity contribution is 8.14. The van der Waals surface area contributed by atoms with Crippen LogP contribution in [0.25, 0.3) is 10.9 Å². The first kappa shape index (κ1) is 20.1. The average Bonchev–Trinajstić information content (AvgIpc) is 3.62. The van der Waals surface area contributed by atoms with Gasteiger partial charge in [0.1, 0.15) is 5.04 Å². The molecule has 0 bridgehead atoms. The highest BCUT2D eigenvalue weighted by Crippen LogP contribution is 2.31. The zero-order chi connectivity index (χ0) is 21.3. The third-order valence-electron chi connectivity index (χ3n) is 6.82. The molecule has 32 heavy (non-hydrogen) atoms. The van der Waals surface area contributed by atoms with Gasteiger partial charge >= 0.3 is 0 Å². The largest absolute Gasteiger partial charge is 0.381 e. The minimum atomic E-state index is 0.173. The highest BCUT2D eigenvalue weighted by Gasteiger charge is 2.25. The molecule has 0 radical (unpaired) electrons. The number of thioether (sulfide) groups is 1. The topological polar surface area (TPSA) is 82.3 Å². The molecule has 0 amide bonds. The summed E-state index contributed by atoms with van der Waals surface area (Å²) in [5.74, 6) is 2.38. The van der Waals surface area contributed by atoms with E-state index < -0.39 is 0 Å². The van der Waals surface area contributed by atoms with E-state index in [1.807, 2.05) is 11.8 Å². The van der Waals surface area contributed by atoms with Gasteiger partial charge in [-0.1, -0.05) is 25.0 Å². The maximum Gasteiger partial charge on any atom is 0.266 e. The van der Waals surface area contributed by atoms with E-state index in [9.17, 15) is 0 Å². The fraction of sp³-hybridized carbons (Fsp3) is 0.542. The Morgan fingerprint density at radius 3 is 2.88 bits per heavy atom. The van der Waals surface area contributed by atoms with Gasteiger partial charge in [-0.2, -0.15) is 4.98 Å². The number of anilines is 2. The molecule has 3 aromatic rings. The van der Waals surface area contributed by atoms with Crippen molar-refractivity contribution in [3.63, 3.8) is 0 Å². The molecule has 2 aliphatic heterocycles. The molecule has 6 rings (SSSR count). The van der Waals surface area contributed by atoms with Crippen LogP contribution in [0.3, 0.4) is 0 Å². The minimum absolute atomic E-state index is 0.173. The van der Waals surface area contributed by atoms with Crippen molar-refractivity contribution in [3.8, 4) is 0 Å². The van der Waals surface area contributed by atoms with Crippen LogP contribution in [0.1, 0.15) is 56.5 Å². The molecular formula is C24H30N6OS. The molecule has 1 atom stereocenters. The fourth-order valence-electron chi connectivity index (χ4n) is 5.10. The predicted molar refractivity (Wildman–Crippen MR) is 131 cm³/mol. The van der Waals surface area contributed by atoms with Gasteiger partial charge in [-0.05, 0) is 49.4 Å². The van der Waals surface area contributed by atoms with Crippen molar-refractivity contribution in [3.05, 3.63) is 35.9 Å². The molecule has 7 nitrogen and oxygen atoms in total. The third kappa shape index (κ3) is 4.12. The lowest BCUT2D eigenvalue weighted by Crippen LogP contribution is -2.30. The summed E-state index contributed by atoms with van der Waals surface area (Å²) < 4.78 is 5.55. The summed E-state index contributed by atoms with van der Waals surface area (Å²) in [5, 5.41) is 10.3. The number of hydrogen-bond donors (Lipinski definition) is 2. The smallest absolute Gasteiger partial charge is 0.266 e. The second kappa shape index (κ2) is 8.81. The molecule has 0 unspecified atom stereocenters. The molecule has 8 heteroatoms. The van der Waals surface area contributed by atoms with Crippen molar-refractivity contribution in [1.82, 2.24) is 15.1 Å². The number of rotatable bonds is 6. The normalized spacial score (nSPS) is 22.1. The van der Waals surface area contributed by atoms with Crippen molar-refractivity contribution in [2.75, 3.05) is 29.1 Å². The van der Waals surface area contributed by atoms with Crippen LogP contribution in [0.2, 0.25) is 0 Å². The van der Waals surface area contributed by atoms with Crippen LogP contribution in [-0.2, 0) is 6.42 Å². The number of fused-ring (bicyclic) bond motifs is 1. The molecule has 1 saturated heterocycles. The van der Waals surface area contributed by atoms with Crippen LogP contribution in [0.15, 0.2) is 33.8 Å².